The number of ether oxygens (including phenoxy) is 1. The molecule has 0 unspecified atom stereocenters. The molecule has 4 aromatic rings. The van der Waals surface area contributed by atoms with Gasteiger partial charge in [0.25, 0.3) is 0 Å². The van der Waals surface area contributed by atoms with Crippen LogP contribution in [-0.2, 0) is 7.05 Å². The molecule has 190 valence electrons. The van der Waals surface area contributed by atoms with E-state index in [-0.39, 0.29) is 0 Å². The summed E-state index contributed by atoms with van der Waals surface area (Å²) in [6.45, 7) is 6.33. The Hall–Kier alpha value is -3.56. The Balaban J connectivity index is 1.13. The molecule has 0 N–H and O–H groups in total. The highest BCUT2D eigenvalue weighted by molar-refractivity contribution is 5.94. The molecule has 6 rings (SSSR count). The third-order valence-corrected chi connectivity index (χ3v) is 8.71. The largest absolute Gasteiger partial charge is 0.497 e. The Morgan fingerprint density at radius 3 is 2.49 bits per heavy atom. The summed E-state index contributed by atoms with van der Waals surface area (Å²) in [5, 5.41) is 11.8. The van der Waals surface area contributed by atoms with E-state index >= 15 is 0 Å². The standard InChI is InChI=1S/C31H35N5O/c1-21-10-11-33-31-26(21)17-25(37-3)18-30(31)36-14-12-35(13-15-36)24-7-5-23(6-8-24)28-20-34(2)29-9-4-22(19-32)16-27(28)29/h4,9-11,16-18,20,23-24H,5-8,12-15H2,1-3H3/t23-,24+. The number of benzene rings is 2. The summed E-state index contributed by atoms with van der Waals surface area (Å²) < 4.78 is 7.85. The summed E-state index contributed by atoms with van der Waals surface area (Å²) in [6, 6.07) is 15.4. The third kappa shape index (κ3) is 4.32. The van der Waals surface area contributed by atoms with Crippen molar-refractivity contribution in [2.24, 2.45) is 7.05 Å². The number of nitrogens with zero attached hydrogens (tertiary/aromatic N) is 5. The van der Waals surface area contributed by atoms with E-state index in [4.69, 9.17) is 9.72 Å². The van der Waals surface area contributed by atoms with Crippen molar-refractivity contribution >= 4 is 27.5 Å². The lowest BCUT2D eigenvalue weighted by Crippen LogP contribution is -2.51. The number of anilines is 1. The van der Waals surface area contributed by atoms with Gasteiger partial charge in [-0.15, -0.1) is 0 Å². The second kappa shape index (κ2) is 9.72. The minimum Gasteiger partial charge on any atom is -0.497 e. The first-order valence-corrected chi connectivity index (χ1v) is 13.5. The van der Waals surface area contributed by atoms with Gasteiger partial charge in [-0.1, -0.05) is 0 Å². The monoisotopic (exact) mass is 493 g/mol. The van der Waals surface area contributed by atoms with Crippen molar-refractivity contribution in [1.82, 2.24) is 14.5 Å². The predicted octanol–water partition coefficient (Wildman–Crippen LogP) is 5.76. The molecule has 2 aromatic carbocycles. The van der Waals surface area contributed by atoms with Crippen molar-refractivity contribution in [3.63, 3.8) is 0 Å². The van der Waals surface area contributed by atoms with Crippen molar-refractivity contribution in [1.29, 1.82) is 5.26 Å². The highest BCUT2D eigenvalue weighted by Crippen LogP contribution is 2.39. The number of pyridine rings is 1. The first-order chi connectivity index (χ1) is 18.1. The molecule has 0 radical (unpaired) electrons. The van der Waals surface area contributed by atoms with E-state index in [1.165, 1.54) is 58.8 Å². The van der Waals surface area contributed by atoms with Crippen LogP contribution in [0.2, 0.25) is 0 Å². The Morgan fingerprint density at radius 1 is 0.973 bits per heavy atom. The molecular weight excluding hydrogens is 458 g/mol. The maximum absolute atomic E-state index is 9.39. The molecule has 1 saturated carbocycles. The molecule has 0 amide bonds. The van der Waals surface area contributed by atoms with E-state index in [1.54, 1.807) is 7.11 Å². The molecule has 37 heavy (non-hydrogen) atoms. The lowest BCUT2D eigenvalue weighted by atomic mass is 9.81. The van der Waals surface area contributed by atoms with E-state index in [0.29, 0.717) is 12.0 Å². The fourth-order valence-electron chi connectivity index (χ4n) is 6.60. The molecule has 6 nitrogen and oxygen atoms in total. The van der Waals surface area contributed by atoms with Crippen molar-refractivity contribution in [2.75, 3.05) is 38.2 Å². The Kier molecular flexibility index (Phi) is 6.26. The zero-order valence-corrected chi connectivity index (χ0v) is 22.1. The number of nitriles is 1. The number of fused-ring (bicyclic) bond motifs is 2. The number of hydrogen-bond acceptors (Lipinski definition) is 5. The van der Waals surface area contributed by atoms with Gasteiger partial charge in [-0.25, -0.2) is 0 Å². The van der Waals surface area contributed by atoms with E-state index < -0.39 is 0 Å². The number of hydrogen-bond donors (Lipinski definition) is 0. The number of aryl methyl sites for hydroxylation is 2. The van der Waals surface area contributed by atoms with Gasteiger partial charge in [0.05, 0.1) is 29.9 Å². The summed E-state index contributed by atoms with van der Waals surface area (Å²) in [5.74, 6) is 1.47. The first kappa shape index (κ1) is 23.8. The highest BCUT2D eigenvalue weighted by atomic mass is 16.5. The molecule has 3 heterocycles. The topological polar surface area (TPSA) is 57.3 Å². The molecule has 0 bridgehead atoms. The highest BCUT2D eigenvalue weighted by Gasteiger charge is 2.30. The molecule has 2 fully saturated rings. The molecule has 2 aliphatic rings. The van der Waals surface area contributed by atoms with Gasteiger partial charge in [0.15, 0.2) is 0 Å². The van der Waals surface area contributed by atoms with Crippen LogP contribution in [0, 0.1) is 18.3 Å². The quantitative estimate of drug-likeness (QED) is 0.362. The maximum atomic E-state index is 9.39. The van der Waals surface area contributed by atoms with Gasteiger partial charge in [0, 0.05) is 74.0 Å². The molecule has 1 aliphatic heterocycles. The van der Waals surface area contributed by atoms with Crippen LogP contribution >= 0.6 is 0 Å². The summed E-state index contributed by atoms with van der Waals surface area (Å²) in [6.07, 6.45) is 9.11. The SMILES string of the molecule is COc1cc(N2CCN([C@H]3CC[C@@H](c4cn(C)c5ccc(C#N)cc54)CC3)CC2)c2nccc(C)c2c1. The molecule has 0 atom stereocenters. The van der Waals surface area contributed by atoms with Crippen molar-refractivity contribution in [3.05, 3.63) is 65.5 Å². The van der Waals surface area contributed by atoms with Gasteiger partial charge in [0.2, 0.25) is 0 Å². The fourth-order valence-corrected chi connectivity index (χ4v) is 6.60. The fraction of sp³-hybridized carbons (Fsp3) is 0.419. The van der Waals surface area contributed by atoms with Gasteiger partial charge < -0.3 is 14.2 Å². The number of rotatable bonds is 4. The lowest BCUT2D eigenvalue weighted by molar-refractivity contribution is 0.141. The maximum Gasteiger partial charge on any atom is 0.121 e. The molecule has 1 saturated heterocycles. The Bertz CT molecular complexity index is 1480. The minimum atomic E-state index is 0.577. The average Bonchev–Trinajstić information content (AvgIpc) is 3.28. The van der Waals surface area contributed by atoms with Crippen LogP contribution in [0.15, 0.2) is 48.8 Å². The number of methoxy groups -OCH3 is 1. The van der Waals surface area contributed by atoms with Gasteiger partial charge in [-0.05, 0) is 80.0 Å². The van der Waals surface area contributed by atoms with Crippen molar-refractivity contribution in [2.45, 2.75) is 44.6 Å². The minimum absolute atomic E-state index is 0.577. The smallest absolute Gasteiger partial charge is 0.121 e. The zero-order chi connectivity index (χ0) is 25.5. The van der Waals surface area contributed by atoms with Crippen molar-refractivity contribution < 1.29 is 4.74 Å². The van der Waals surface area contributed by atoms with E-state index in [1.807, 2.05) is 12.3 Å². The third-order valence-electron chi connectivity index (χ3n) is 8.71. The van der Waals surface area contributed by atoms with Gasteiger partial charge >= 0.3 is 0 Å². The lowest BCUT2D eigenvalue weighted by Gasteiger charge is -2.42. The summed E-state index contributed by atoms with van der Waals surface area (Å²) in [4.78, 5) is 9.94. The van der Waals surface area contributed by atoms with Crippen LogP contribution in [-0.4, -0.2) is 53.8 Å². The van der Waals surface area contributed by atoms with Crippen LogP contribution in [0.25, 0.3) is 21.8 Å². The Morgan fingerprint density at radius 2 is 1.76 bits per heavy atom. The van der Waals surface area contributed by atoms with Crippen LogP contribution in [0.5, 0.6) is 5.75 Å². The van der Waals surface area contributed by atoms with Crippen LogP contribution in [0.3, 0.4) is 0 Å². The predicted molar refractivity (Wildman–Crippen MR) is 149 cm³/mol. The van der Waals surface area contributed by atoms with E-state index in [0.717, 1.165) is 43.0 Å². The van der Waals surface area contributed by atoms with E-state index in [9.17, 15) is 5.26 Å². The first-order valence-electron chi connectivity index (χ1n) is 13.5. The van der Waals surface area contributed by atoms with Gasteiger partial charge in [-0.2, -0.15) is 5.26 Å². The van der Waals surface area contributed by atoms with Gasteiger partial charge in [0.1, 0.15) is 5.75 Å². The summed E-state index contributed by atoms with van der Waals surface area (Å²) >= 11 is 0. The summed E-state index contributed by atoms with van der Waals surface area (Å²) in [7, 11) is 3.86. The normalized spacial score (nSPS) is 20.9. The average molecular weight is 494 g/mol. The van der Waals surface area contributed by atoms with Crippen LogP contribution in [0.1, 0.15) is 48.3 Å². The van der Waals surface area contributed by atoms with Crippen molar-refractivity contribution in [3.8, 4) is 11.8 Å². The Labute approximate surface area is 219 Å². The second-order valence-corrected chi connectivity index (χ2v) is 10.7. The molecule has 6 heteroatoms. The van der Waals surface area contributed by atoms with Crippen LogP contribution < -0.4 is 9.64 Å². The number of aromatic nitrogens is 2. The molecule has 1 aliphatic carbocycles. The molecule has 0 spiro atoms. The molecule has 2 aromatic heterocycles. The number of piperazine rings is 1. The summed E-state index contributed by atoms with van der Waals surface area (Å²) in [5.41, 5.74) is 6.89. The zero-order valence-electron chi connectivity index (χ0n) is 22.1. The molecular formula is C31H35N5O. The van der Waals surface area contributed by atoms with Crippen LogP contribution in [0.4, 0.5) is 5.69 Å². The van der Waals surface area contributed by atoms with Gasteiger partial charge in [-0.3, -0.25) is 9.88 Å². The second-order valence-electron chi connectivity index (χ2n) is 10.7. The van der Waals surface area contributed by atoms with E-state index in [2.05, 4.69) is 70.9 Å².